The van der Waals surface area contributed by atoms with Crippen molar-refractivity contribution in [2.75, 3.05) is 25.1 Å². The number of benzene rings is 2. The Balaban J connectivity index is 1.38. The van der Waals surface area contributed by atoms with Crippen molar-refractivity contribution in [3.8, 4) is 0 Å². The summed E-state index contributed by atoms with van der Waals surface area (Å²) in [5.41, 5.74) is 2.49. The van der Waals surface area contributed by atoms with E-state index >= 15 is 0 Å². The number of amides is 2. The number of aryl methyl sites for hydroxylation is 1. The van der Waals surface area contributed by atoms with Crippen LogP contribution in [0.1, 0.15) is 31.7 Å². The molecule has 2 N–H and O–H groups in total. The maximum Gasteiger partial charge on any atom is 0.328 e. The Kier molecular flexibility index (Phi) is 8.20. The third kappa shape index (κ3) is 5.84. The fourth-order valence-corrected chi connectivity index (χ4v) is 4.64. The van der Waals surface area contributed by atoms with Gasteiger partial charge in [-0.25, -0.2) is 14.6 Å². The lowest BCUT2D eigenvalue weighted by molar-refractivity contribution is -0.142. The Bertz CT molecular complexity index is 1250. The monoisotopic (exact) mass is 491 g/mol. The number of methoxy groups -OCH3 is 1. The highest BCUT2D eigenvalue weighted by Crippen LogP contribution is 2.19. The van der Waals surface area contributed by atoms with Crippen molar-refractivity contribution in [1.82, 2.24) is 20.2 Å². The van der Waals surface area contributed by atoms with Crippen LogP contribution >= 0.6 is 0 Å². The summed E-state index contributed by atoms with van der Waals surface area (Å²) in [5, 5.41) is 5.73. The number of piperidine rings is 1. The number of anilines is 1. The van der Waals surface area contributed by atoms with Gasteiger partial charge < -0.3 is 24.8 Å². The molecule has 0 saturated carbocycles. The van der Waals surface area contributed by atoms with E-state index in [1.165, 1.54) is 7.11 Å². The molecule has 1 aliphatic rings. The van der Waals surface area contributed by atoms with Gasteiger partial charge in [0.15, 0.2) is 5.82 Å². The lowest BCUT2D eigenvalue weighted by Crippen LogP contribution is -2.53. The lowest BCUT2D eigenvalue weighted by atomic mass is 10.0. The molecule has 9 nitrogen and oxygen atoms in total. The van der Waals surface area contributed by atoms with Crippen LogP contribution in [0.4, 0.5) is 10.6 Å². The highest BCUT2D eigenvalue weighted by Gasteiger charge is 2.27. The maximum absolute atomic E-state index is 13.2. The second-order valence-electron chi connectivity index (χ2n) is 9.03. The first-order chi connectivity index (χ1) is 17.5. The van der Waals surface area contributed by atoms with Crippen LogP contribution in [0.25, 0.3) is 11.0 Å². The summed E-state index contributed by atoms with van der Waals surface area (Å²) in [4.78, 5) is 44.8. The second kappa shape index (κ2) is 11.7. The number of rotatable bonds is 8. The first-order valence-corrected chi connectivity index (χ1v) is 12.4. The molecule has 0 radical (unpaired) electrons. The van der Waals surface area contributed by atoms with Crippen molar-refractivity contribution >= 4 is 28.9 Å². The van der Waals surface area contributed by atoms with Crippen molar-refractivity contribution in [1.29, 1.82) is 0 Å². The van der Waals surface area contributed by atoms with E-state index < -0.39 is 18.0 Å². The molecule has 1 saturated heterocycles. The van der Waals surface area contributed by atoms with Gasteiger partial charge in [-0.15, -0.1) is 0 Å². The van der Waals surface area contributed by atoms with Gasteiger partial charge in [0.25, 0.3) is 5.56 Å². The van der Waals surface area contributed by atoms with Gasteiger partial charge in [-0.3, -0.25) is 4.79 Å². The zero-order valence-electron chi connectivity index (χ0n) is 20.8. The Hall–Kier alpha value is -3.88. The van der Waals surface area contributed by atoms with E-state index in [1.807, 2.05) is 66.4 Å². The van der Waals surface area contributed by atoms with Gasteiger partial charge >= 0.3 is 12.0 Å². The highest BCUT2D eigenvalue weighted by molar-refractivity contribution is 5.84. The predicted molar refractivity (Wildman–Crippen MR) is 139 cm³/mol. The van der Waals surface area contributed by atoms with E-state index in [0.29, 0.717) is 44.7 Å². The third-order valence-corrected chi connectivity index (χ3v) is 6.49. The van der Waals surface area contributed by atoms with E-state index in [-0.39, 0.29) is 11.6 Å². The average Bonchev–Trinajstić information content (AvgIpc) is 2.90. The average molecular weight is 492 g/mol. The molecule has 36 heavy (non-hydrogen) atoms. The number of hydrogen-bond acceptors (Lipinski definition) is 6. The molecule has 0 spiro atoms. The van der Waals surface area contributed by atoms with Crippen LogP contribution in [0, 0.1) is 0 Å². The van der Waals surface area contributed by atoms with Crippen LogP contribution in [0.2, 0.25) is 0 Å². The zero-order chi connectivity index (χ0) is 25.5. The molecule has 0 bridgehead atoms. The van der Waals surface area contributed by atoms with Gasteiger partial charge in [-0.1, -0.05) is 49.4 Å². The second-order valence-corrected chi connectivity index (χ2v) is 9.03. The van der Waals surface area contributed by atoms with Crippen molar-refractivity contribution in [3.63, 3.8) is 0 Å². The first kappa shape index (κ1) is 25.2. The SMILES string of the molecule is CCCn1c(=O)c(N2CCC(NC(=O)NC(Cc3ccccc3)C(=O)OC)CC2)nc2ccccc21. The van der Waals surface area contributed by atoms with Gasteiger partial charge in [0.2, 0.25) is 0 Å². The summed E-state index contributed by atoms with van der Waals surface area (Å²) in [5.74, 6) is -0.0340. The topological polar surface area (TPSA) is 106 Å². The van der Waals surface area contributed by atoms with E-state index in [1.54, 1.807) is 4.57 Å². The number of aromatic nitrogens is 2. The molecule has 190 valence electrons. The molecule has 1 fully saturated rings. The molecule has 2 heterocycles. The summed E-state index contributed by atoms with van der Waals surface area (Å²) in [6.07, 6.45) is 2.52. The molecular weight excluding hydrogens is 458 g/mol. The summed E-state index contributed by atoms with van der Waals surface area (Å²) >= 11 is 0. The number of esters is 1. The van der Waals surface area contributed by atoms with E-state index in [4.69, 9.17) is 4.74 Å². The highest BCUT2D eigenvalue weighted by atomic mass is 16.5. The number of para-hydroxylation sites is 2. The minimum absolute atomic E-state index is 0.0744. The molecule has 3 aromatic rings. The number of fused-ring (bicyclic) bond motifs is 1. The Morgan fingerprint density at radius 3 is 2.47 bits per heavy atom. The van der Waals surface area contributed by atoms with Gasteiger partial charge in [0.1, 0.15) is 6.04 Å². The van der Waals surface area contributed by atoms with E-state index in [9.17, 15) is 14.4 Å². The molecule has 4 rings (SSSR count). The number of carbonyl (C=O) groups excluding carboxylic acids is 2. The largest absolute Gasteiger partial charge is 0.467 e. The molecule has 0 aliphatic carbocycles. The van der Waals surface area contributed by atoms with Crippen molar-refractivity contribution in [3.05, 3.63) is 70.5 Å². The smallest absolute Gasteiger partial charge is 0.328 e. The minimum atomic E-state index is -0.781. The van der Waals surface area contributed by atoms with Crippen molar-refractivity contribution < 1.29 is 14.3 Å². The Morgan fingerprint density at radius 1 is 1.08 bits per heavy atom. The lowest BCUT2D eigenvalue weighted by Gasteiger charge is -2.33. The van der Waals surface area contributed by atoms with E-state index in [2.05, 4.69) is 15.6 Å². The molecule has 1 unspecified atom stereocenters. The summed E-state index contributed by atoms with van der Waals surface area (Å²) in [6, 6.07) is 15.9. The van der Waals surface area contributed by atoms with Crippen LogP contribution < -0.4 is 21.1 Å². The Labute approximate surface area is 210 Å². The molecule has 1 atom stereocenters. The number of nitrogens with one attached hydrogen (secondary N) is 2. The molecular formula is C27H33N5O4. The Morgan fingerprint density at radius 2 is 1.78 bits per heavy atom. The van der Waals surface area contributed by atoms with Crippen LogP contribution in [-0.2, 0) is 22.5 Å². The molecule has 2 amide bonds. The quantitative estimate of drug-likeness (QED) is 0.470. The zero-order valence-corrected chi connectivity index (χ0v) is 20.8. The van der Waals surface area contributed by atoms with Crippen molar-refractivity contribution in [2.45, 2.75) is 51.2 Å². The van der Waals surface area contributed by atoms with Gasteiger partial charge in [0.05, 0.1) is 18.1 Å². The summed E-state index contributed by atoms with van der Waals surface area (Å²) < 4.78 is 6.68. The van der Waals surface area contributed by atoms with Gasteiger partial charge in [0, 0.05) is 32.1 Å². The van der Waals surface area contributed by atoms with Crippen LogP contribution in [-0.4, -0.2) is 53.8 Å². The van der Waals surface area contributed by atoms with Gasteiger partial charge in [-0.05, 0) is 37.0 Å². The number of nitrogens with zero attached hydrogens (tertiary/aromatic N) is 3. The summed E-state index contributed by atoms with van der Waals surface area (Å²) in [6.45, 7) is 3.88. The maximum atomic E-state index is 13.2. The predicted octanol–water partition coefficient (Wildman–Crippen LogP) is 2.86. The van der Waals surface area contributed by atoms with Crippen LogP contribution in [0.5, 0.6) is 0 Å². The number of hydrogen-bond donors (Lipinski definition) is 2. The van der Waals surface area contributed by atoms with E-state index in [0.717, 1.165) is 23.0 Å². The first-order valence-electron chi connectivity index (χ1n) is 12.4. The van der Waals surface area contributed by atoms with Crippen molar-refractivity contribution in [2.24, 2.45) is 0 Å². The van der Waals surface area contributed by atoms with Gasteiger partial charge in [-0.2, -0.15) is 0 Å². The molecule has 1 aromatic heterocycles. The van der Waals surface area contributed by atoms with Crippen LogP contribution in [0.15, 0.2) is 59.4 Å². The fraction of sp³-hybridized carbons (Fsp3) is 0.407. The number of urea groups is 1. The fourth-order valence-electron chi connectivity index (χ4n) is 4.64. The molecule has 1 aliphatic heterocycles. The number of ether oxygens (including phenoxy) is 1. The normalized spacial score (nSPS) is 14.9. The molecule has 2 aromatic carbocycles. The third-order valence-electron chi connectivity index (χ3n) is 6.49. The molecule has 9 heteroatoms. The summed E-state index contributed by atoms with van der Waals surface area (Å²) in [7, 11) is 1.31. The minimum Gasteiger partial charge on any atom is -0.467 e. The number of carbonyl (C=O) groups is 2. The van der Waals surface area contributed by atoms with Crippen LogP contribution in [0.3, 0.4) is 0 Å². The standard InChI is InChI=1S/C27H33N5O4/c1-3-15-32-23-12-8-7-11-21(23)29-24(25(32)33)31-16-13-20(14-17-31)28-27(35)30-22(26(34)36-2)18-19-9-5-4-6-10-19/h4-12,20,22H,3,13-18H2,1-2H3,(H2,28,30,35).